The minimum Gasteiger partial charge on any atom is -0.464 e. The van der Waals surface area contributed by atoms with Crippen molar-refractivity contribution in [3.8, 4) is 5.69 Å². The van der Waals surface area contributed by atoms with Crippen molar-refractivity contribution in [1.29, 1.82) is 0 Å². The van der Waals surface area contributed by atoms with E-state index in [9.17, 15) is 9.59 Å². The lowest BCUT2D eigenvalue weighted by atomic mass is 9.87. The van der Waals surface area contributed by atoms with Gasteiger partial charge >= 0.3 is 5.97 Å². The number of aromatic nitrogens is 3. The number of carbonyl (C=O) groups excluding carboxylic acids is 2. The normalized spacial score (nSPS) is 11.3. The van der Waals surface area contributed by atoms with Crippen LogP contribution in [0.15, 0.2) is 48.7 Å². The molecule has 0 aliphatic carbocycles. The number of hydrogen-bond acceptors (Lipinski definition) is 6. The first-order chi connectivity index (χ1) is 14.7. The smallest absolute Gasteiger partial charge is 0.360 e. The predicted octanol–water partition coefficient (Wildman–Crippen LogP) is 3.87. The Bertz CT molecular complexity index is 1110. The van der Waals surface area contributed by atoms with Crippen LogP contribution in [0, 0.1) is 6.92 Å². The molecule has 0 saturated heterocycles. The molecule has 0 fully saturated rings. The van der Waals surface area contributed by atoms with E-state index in [2.05, 4.69) is 35.8 Å². The summed E-state index contributed by atoms with van der Waals surface area (Å²) in [4.78, 5) is 30.4. The second kappa shape index (κ2) is 8.69. The van der Waals surface area contributed by atoms with Crippen LogP contribution in [0.2, 0.25) is 0 Å². The Labute approximate surface area is 181 Å². The third kappa shape index (κ3) is 4.64. The zero-order valence-electron chi connectivity index (χ0n) is 18.5. The van der Waals surface area contributed by atoms with Crippen molar-refractivity contribution in [2.75, 3.05) is 19.3 Å². The van der Waals surface area contributed by atoms with Gasteiger partial charge in [0.1, 0.15) is 0 Å². The summed E-state index contributed by atoms with van der Waals surface area (Å²) in [5.41, 5.74) is 3.61. The van der Waals surface area contributed by atoms with Crippen LogP contribution in [-0.2, 0) is 15.0 Å². The van der Waals surface area contributed by atoms with Crippen molar-refractivity contribution < 1.29 is 19.2 Å². The standard InChI is InChI=1S/C23H26N4O4/c1-15-10-11-16(12-20(15)26-14-19(24-25-26)22(29)30-5)21(28)27(31-6)18-9-7-8-17(13-18)23(2,3)4/h7-14H,1-6H3. The Morgan fingerprint density at radius 3 is 2.45 bits per heavy atom. The molecule has 0 bridgehead atoms. The lowest BCUT2D eigenvalue weighted by Gasteiger charge is -2.24. The van der Waals surface area contributed by atoms with Crippen LogP contribution >= 0.6 is 0 Å². The van der Waals surface area contributed by atoms with Crippen molar-refractivity contribution >= 4 is 17.6 Å². The second-order valence-electron chi connectivity index (χ2n) is 8.12. The van der Waals surface area contributed by atoms with Gasteiger partial charge in [-0.1, -0.05) is 44.2 Å². The monoisotopic (exact) mass is 422 g/mol. The van der Waals surface area contributed by atoms with Crippen molar-refractivity contribution in [2.45, 2.75) is 33.1 Å². The molecule has 8 nitrogen and oxygen atoms in total. The Hall–Kier alpha value is -3.52. The Morgan fingerprint density at radius 2 is 1.81 bits per heavy atom. The SMILES string of the molecule is COC(=O)c1cn(-c2cc(C(=O)N(OC)c3cccc(C(C)(C)C)c3)ccc2C)nn1. The number of anilines is 1. The molecule has 0 saturated carbocycles. The number of ether oxygens (including phenoxy) is 1. The molecule has 31 heavy (non-hydrogen) atoms. The number of carbonyl (C=O) groups is 2. The first kappa shape index (κ1) is 22.2. The topological polar surface area (TPSA) is 86.5 Å². The van der Waals surface area contributed by atoms with Crippen molar-refractivity contribution in [3.05, 3.63) is 71.0 Å². The molecule has 0 aliphatic heterocycles. The number of methoxy groups -OCH3 is 1. The molecule has 0 radical (unpaired) electrons. The summed E-state index contributed by atoms with van der Waals surface area (Å²) in [6.07, 6.45) is 1.46. The van der Waals surface area contributed by atoms with Gasteiger partial charge in [-0.15, -0.1) is 5.10 Å². The van der Waals surface area contributed by atoms with Gasteiger partial charge in [0.25, 0.3) is 5.91 Å². The van der Waals surface area contributed by atoms with E-state index >= 15 is 0 Å². The molecule has 0 spiro atoms. The number of hydroxylamine groups is 1. The van der Waals surface area contributed by atoms with Crippen molar-refractivity contribution in [2.24, 2.45) is 0 Å². The maximum atomic E-state index is 13.3. The van der Waals surface area contributed by atoms with Crippen LogP contribution in [0.25, 0.3) is 5.69 Å². The van der Waals surface area contributed by atoms with E-state index in [1.54, 1.807) is 12.1 Å². The zero-order valence-corrected chi connectivity index (χ0v) is 18.5. The van der Waals surface area contributed by atoms with Crippen LogP contribution in [0.5, 0.6) is 0 Å². The molecule has 8 heteroatoms. The lowest BCUT2D eigenvalue weighted by molar-refractivity contribution is 0.0593. The van der Waals surface area contributed by atoms with Gasteiger partial charge in [0.2, 0.25) is 0 Å². The van der Waals surface area contributed by atoms with E-state index in [4.69, 9.17) is 4.84 Å². The van der Waals surface area contributed by atoms with Crippen LogP contribution in [-0.4, -0.2) is 41.1 Å². The summed E-state index contributed by atoms with van der Waals surface area (Å²) < 4.78 is 6.11. The molecule has 3 aromatic rings. The first-order valence-electron chi connectivity index (χ1n) is 9.76. The molecular weight excluding hydrogens is 396 g/mol. The van der Waals surface area contributed by atoms with Crippen LogP contribution in [0.4, 0.5) is 5.69 Å². The third-order valence-corrected chi connectivity index (χ3v) is 4.90. The van der Waals surface area contributed by atoms with E-state index < -0.39 is 5.97 Å². The summed E-state index contributed by atoms with van der Waals surface area (Å²) in [7, 11) is 2.73. The maximum Gasteiger partial charge on any atom is 0.360 e. The molecule has 0 aliphatic rings. The Kier molecular flexibility index (Phi) is 6.21. The van der Waals surface area contributed by atoms with E-state index in [0.29, 0.717) is 16.9 Å². The van der Waals surface area contributed by atoms with Gasteiger partial charge < -0.3 is 4.74 Å². The summed E-state index contributed by atoms with van der Waals surface area (Å²) in [5, 5.41) is 9.07. The van der Waals surface area contributed by atoms with Gasteiger partial charge in [-0.3, -0.25) is 9.63 Å². The maximum absolute atomic E-state index is 13.3. The van der Waals surface area contributed by atoms with Crippen LogP contribution < -0.4 is 5.06 Å². The van der Waals surface area contributed by atoms with Crippen molar-refractivity contribution in [3.63, 3.8) is 0 Å². The highest BCUT2D eigenvalue weighted by atomic mass is 16.7. The van der Waals surface area contributed by atoms with E-state index in [1.165, 1.54) is 30.2 Å². The zero-order chi connectivity index (χ0) is 22.8. The lowest BCUT2D eigenvalue weighted by Crippen LogP contribution is -2.30. The fourth-order valence-electron chi connectivity index (χ4n) is 3.09. The molecule has 1 heterocycles. The van der Waals surface area contributed by atoms with Crippen molar-refractivity contribution in [1.82, 2.24) is 15.0 Å². The molecular formula is C23H26N4O4. The minimum absolute atomic E-state index is 0.0695. The fraction of sp³-hybridized carbons (Fsp3) is 0.304. The highest BCUT2D eigenvalue weighted by Gasteiger charge is 2.22. The highest BCUT2D eigenvalue weighted by Crippen LogP contribution is 2.27. The number of rotatable bonds is 5. The highest BCUT2D eigenvalue weighted by molar-refractivity contribution is 6.05. The summed E-state index contributed by atoms with van der Waals surface area (Å²) in [6.45, 7) is 8.21. The molecule has 1 aromatic heterocycles. The average Bonchev–Trinajstić information content (AvgIpc) is 3.23. The third-order valence-electron chi connectivity index (χ3n) is 4.90. The van der Waals surface area contributed by atoms with Gasteiger partial charge in [-0.2, -0.15) is 5.06 Å². The summed E-state index contributed by atoms with van der Waals surface area (Å²) in [6, 6.07) is 12.9. The predicted molar refractivity (Wildman–Crippen MR) is 116 cm³/mol. The summed E-state index contributed by atoms with van der Waals surface area (Å²) >= 11 is 0. The number of benzene rings is 2. The average molecular weight is 422 g/mol. The van der Waals surface area contributed by atoms with Crippen LogP contribution in [0.1, 0.15) is 52.7 Å². The summed E-state index contributed by atoms with van der Waals surface area (Å²) in [5.74, 6) is -0.913. The molecule has 0 unspecified atom stereocenters. The van der Waals surface area contributed by atoms with Gasteiger partial charge in [-0.25, -0.2) is 9.48 Å². The van der Waals surface area contributed by atoms with Gasteiger partial charge in [0, 0.05) is 5.56 Å². The second-order valence-corrected chi connectivity index (χ2v) is 8.12. The van der Waals surface area contributed by atoms with Crippen LogP contribution in [0.3, 0.4) is 0 Å². The van der Waals surface area contributed by atoms with E-state index in [0.717, 1.165) is 11.1 Å². The Morgan fingerprint density at radius 1 is 1.06 bits per heavy atom. The number of esters is 1. The minimum atomic E-state index is -0.583. The fourth-order valence-corrected chi connectivity index (χ4v) is 3.09. The number of hydrogen-bond donors (Lipinski definition) is 0. The molecule has 1 amide bonds. The molecule has 2 aromatic carbocycles. The van der Waals surface area contributed by atoms with E-state index in [-0.39, 0.29) is 17.0 Å². The Balaban J connectivity index is 1.97. The van der Waals surface area contributed by atoms with Gasteiger partial charge in [-0.05, 0) is 47.7 Å². The van der Waals surface area contributed by atoms with Gasteiger partial charge in [0.05, 0.1) is 31.8 Å². The van der Waals surface area contributed by atoms with E-state index in [1.807, 2.05) is 37.3 Å². The van der Waals surface area contributed by atoms with Gasteiger partial charge in [0.15, 0.2) is 5.69 Å². The molecule has 3 rings (SSSR count). The molecule has 162 valence electrons. The number of aryl methyl sites for hydroxylation is 1. The quantitative estimate of drug-likeness (QED) is 0.458. The number of amides is 1. The first-order valence-corrected chi connectivity index (χ1v) is 9.76. The number of nitrogens with zero attached hydrogens (tertiary/aromatic N) is 4. The largest absolute Gasteiger partial charge is 0.464 e. The molecule has 0 N–H and O–H groups in total. The molecule has 0 atom stereocenters.